The second kappa shape index (κ2) is 4.23. The van der Waals surface area contributed by atoms with Gasteiger partial charge in [-0.1, -0.05) is 30.3 Å². The van der Waals surface area contributed by atoms with Crippen molar-refractivity contribution in [1.29, 1.82) is 0 Å². The van der Waals surface area contributed by atoms with E-state index in [0.29, 0.717) is 0 Å². The highest BCUT2D eigenvalue weighted by atomic mass is 35.5. The minimum absolute atomic E-state index is 0.0248. The van der Waals surface area contributed by atoms with Gasteiger partial charge in [-0.15, -0.1) is 22.9 Å². The number of alkyl halides is 1. The van der Waals surface area contributed by atoms with Crippen LogP contribution in [0.1, 0.15) is 32.7 Å². The molecule has 0 amide bonds. The van der Waals surface area contributed by atoms with Crippen molar-refractivity contribution >= 4 is 22.9 Å². The van der Waals surface area contributed by atoms with Crippen LogP contribution in [-0.2, 0) is 12.8 Å². The summed E-state index contributed by atoms with van der Waals surface area (Å²) in [6.07, 6.45) is 3.81. The van der Waals surface area contributed by atoms with Crippen molar-refractivity contribution in [2.24, 2.45) is 0 Å². The van der Waals surface area contributed by atoms with Crippen LogP contribution in [0.4, 0.5) is 0 Å². The monoisotopic (exact) mass is 248 g/mol. The van der Waals surface area contributed by atoms with Gasteiger partial charge in [-0.2, -0.15) is 0 Å². The van der Waals surface area contributed by atoms with Gasteiger partial charge in [0.2, 0.25) is 0 Å². The largest absolute Gasteiger partial charge is 0.143 e. The minimum Gasteiger partial charge on any atom is -0.143 e. The van der Waals surface area contributed by atoms with E-state index in [1.54, 1.807) is 4.88 Å². The Kier molecular flexibility index (Phi) is 2.74. The zero-order valence-electron chi connectivity index (χ0n) is 8.95. The second-order valence-electron chi connectivity index (χ2n) is 4.22. The Labute approximate surface area is 105 Å². The summed E-state index contributed by atoms with van der Waals surface area (Å²) >= 11 is 8.40. The molecule has 1 aliphatic carbocycles. The van der Waals surface area contributed by atoms with Gasteiger partial charge < -0.3 is 0 Å². The number of hydrogen-bond acceptors (Lipinski definition) is 1. The van der Waals surface area contributed by atoms with E-state index in [1.807, 2.05) is 29.5 Å². The molecule has 2 heteroatoms. The maximum Gasteiger partial charge on any atom is 0.0927 e. The summed E-state index contributed by atoms with van der Waals surface area (Å²) in [6.45, 7) is 0. The highest BCUT2D eigenvalue weighted by Crippen LogP contribution is 2.38. The van der Waals surface area contributed by atoms with Crippen molar-refractivity contribution in [3.05, 3.63) is 57.3 Å². The van der Waals surface area contributed by atoms with Crippen molar-refractivity contribution in [1.82, 2.24) is 0 Å². The topological polar surface area (TPSA) is 0 Å². The SMILES string of the molecule is ClC(c1ccccc1)c1cc2c(s1)CCC2. The molecule has 1 aromatic heterocycles. The van der Waals surface area contributed by atoms with Crippen LogP contribution in [0, 0.1) is 0 Å². The molecule has 1 atom stereocenters. The fourth-order valence-electron chi connectivity index (χ4n) is 2.26. The van der Waals surface area contributed by atoms with E-state index in [2.05, 4.69) is 18.2 Å². The number of thiophene rings is 1. The van der Waals surface area contributed by atoms with Gasteiger partial charge in [0, 0.05) is 9.75 Å². The van der Waals surface area contributed by atoms with Gasteiger partial charge >= 0.3 is 0 Å². The van der Waals surface area contributed by atoms with E-state index in [0.717, 1.165) is 0 Å². The summed E-state index contributed by atoms with van der Waals surface area (Å²) in [7, 11) is 0. The molecule has 0 aliphatic heterocycles. The first-order chi connectivity index (χ1) is 7.84. The fourth-order valence-corrected chi connectivity index (χ4v) is 3.87. The summed E-state index contributed by atoms with van der Waals surface area (Å²) in [4.78, 5) is 2.86. The van der Waals surface area contributed by atoms with Crippen LogP contribution >= 0.6 is 22.9 Å². The van der Waals surface area contributed by atoms with Gasteiger partial charge in [0.05, 0.1) is 5.38 Å². The molecule has 0 radical (unpaired) electrons. The number of halogens is 1. The molecule has 3 rings (SSSR count). The van der Waals surface area contributed by atoms with E-state index in [9.17, 15) is 0 Å². The Bertz CT molecular complexity index is 465. The predicted octanol–water partition coefficient (Wildman–Crippen LogP) is 4.57. The summed E-state index contributed by atoms with van der Waals surface area (Å²) in [5.41, 5.74) is 2.73. The number of fused-ring (bicyclic) bond motifs is 1. The zero-order valence-corrected chi connectivity index (χ0v) is 10.5. The van der Waals surface area contributed by atoms with Gasteiger partial charge in [0.15, 0.2) is 0 Å². The van der Waals surface area contributed by atoms with Gasteiger partial charge in [0.1, 0.15) is 0 Å². The molecule has 1 aromatic carbocycles. The summed E-state index contributed by atoms with van der Waals surface area (Å²) in [5.74, 6) is 0. The quantitative estimate of drug-likeness (QED) is 0.684. The molecule has 2 aromatic rings. The lowest BCUT2D eigenvalue weighted by Gasteiger charge is -2.07. The van der Waals surface area contributed by atoms with Crippen molar-refractivity contribution in [3.63, 3.8) is 0 Å². The lowest BCUT2D eigenvalue weighted by molar-refractivity contribution is 0.913. The number of rotatable bonds is 2. The van der Waals surface area contributed by atoms with Gasteiger partial charge in [-0.25, -0.2) is 0 Å². The second-order valence-corrected chi connectivity index (χ2v) is 5.83. The molecule has 0 bridgehead atoms. The third-order valence-corrected chi connectivity index (χ3v) is 5.03. The van der Waals surface area contributed by atoms with E-state index < -0.39 is 0 Å². The fraction of sp³-hybridized carbons (Fsp3) is 0.286. The molecule has 0 spiro atoms. The molecule has 82 valence electrons. The predicted molar refractivity (Wildman–Crippen MR) is 70.5 cm³/mol. The summed E-state index contributed by atoms with van der Waals surface area (Å²) in [5, 5.41) is 0.0248. The highest BCUT2D eigenvalue weighted by molar-refractivity contribution is 7.12. The van der Waals surface area contributed by atoms with Gasteiger partial charge in [-0.05, 0) is 36.5 Å². The van der Waals surface area contributed by atoms with Crippen LogP contribution in [0.5, 0.6) is 0 Å². The molecule has 0 saturated carbocycles. The zero-order chi connectivity index (χ0) is 11.0. The standard InChI is InChI=1S/C14H13ClS/c15-14(10-5-2-1-3-6-10)13-9-11-7-4-8-12(11)16-13/h1-3,5-6,9,14H,4,7-8H2. The van der Waals surface area contributed by atoms with Crippen LogP contribution in [0.3, 0.4) is 0 Å². The molecule has 1 heterocycles. The first-order valence-corrected chi connectivity index (χ1v) is 6.90. The first-order valence-electron chi connectivity index (χ1n) is 5.65. The Morgan fingerprint density at radius 3 is 2.69 bits per heavy atom. The van der Waals surface area contributed by atoms with Crippen molar-refractivity contribution < 1.29 is 0 Å². The van der Waals surface area contributed by atoms with Crippen LogP contribution in [0.2, 0.25) is 0 Å². The van der Waals surface area contributed by atoms with E-state index >= 15 is 0 Å². The normalized spacial score (nSPS) is 16.1. The minimum atomic E-state index is 0.0248. The molecule has 0 nitrogen and oxygen atoms in total. The molecule has 0 N–H and O–H groups in total. The number of hydrogen-bond donors (Lipinski definition) is 0. The lowest BCUT2D eigenvalue weighted by atomic mass is 10.1. The first kappa shape index (κ1) is 10.4. The Morgan fingerprint density at radius 2 is 1.94 bits per heavy atom. The Balaban J connectivity index is 1.92. The van der Waals surface area contributed by atoms with E-state index in [1.165, 1.54) is 35.3 Å². The van der Waals surface area contributed by atoms with Crippen LogP contribution in [0.15, 0.2) is 36.4 Å². The van der Waals surface area contributed by atoms with Crippen LogP contribution in [-0.4, -0.2) is 0 Å². The van der Waals surface area contributed by atoms with Crippen molar-refractivity contribution in [3.8, 4) is 0 Å². The smallest absolute Gasteiger partial charge is 0.0927 e. The average Bonchev–Trinajstić information content (AvgIpc) is 2.89. The molecular weight excluding hydrogens is 236 g/mol. The third-order valence-electron chi connectivity index (χ3n) is 3.11. The van der Waals surface area contributed by atoms with Gasteiger partial charge in [-0.3, -0.25) is 0 Å². The average molecular weight is 249 g/mol. The Hall–Kier alpha value is -0.790. The highest BCUT2D eigenvalue weighted by Gasteiger charge is 2.19. The molecular formula is C14H13ClS. The lowest BCUT2D eigenvalue weighted by Crippen LogP contribution is -1.89. The molecule has 16 heavy (non-hydrogen) atoms. The van der Waals surface area contributed by atoms with Crippen LogP contribution < -0.4 is 0 Å². The van der Waals surface area contributed by atoms with Gasteiger partial charge in [0.25, 0.3) is 0 Å². The van der Waals surface area contributed by atoms with E-state index in [-0.39, 0.29) is 5.38 Å². The molecule has 0 fully saturated rings. The molecule has 1 unspecified atom stereocenters. The Morgan fingerprint density at radius 1 is 1.12 bits per heavy atom. The molecule has 1 aliphatic rings. The number of benzene rings is 1. The third kappa shape index (κ3) is 1.79. The van der Waals surface area contributed by atoms with Crippen LogP contribution in [0.25, 0.3) is 0 Å². The maximum absolute atomic E-state index is 6.51. The van der Waals surface area contributed by atoms with E-state index in [4.69, 9.17) is 11.6 Å². The summed E-state index contributed by atoms with van der Waals surface area (Å²) in [6, 6.07) is 12.6. The summed E-state index contributed by atoms with van der Waals surface area (Å²) < 4.78 is 0. The number of aryl methyl sites for hydroxylation is 2. The maximum atomic E-state index is 6.51. The van der Waals surface area contributed by atoms with Crippen molar-refractivity contribution in [2.75, 3.05) is 0 Å². The van der Waals surface area contributed by atoms with Crippen molar-refractivity contribution in [2.45, 2.75) is 24.6 Å². The molecule has 0 saturated heterocycles.